The summed E-state index contributed by atoms with van der Waals surface area (Å²) in [5.41, 5.74) is 4.30. The fourth-order valence-electron chi connectivity index (χ4n) is 5.35. The molecule has 0 saturated carbocycles. The zero-order chi connectivity index (χ0) is 27.5. The molecule has 2 aromatic carbocycles. The van der Waals surface area contributed by atoms with Crippen LogP contribution in [-0.4, -0.2) is 50.3 Å². The Morgan fingerprint density at radius 2 is 1.66 bits per heavy atom. The van der Waals surface area contributed by atoms with Crippen molar-refractivity contribution < 1.29 is 23.5 Å². The van der Waals surface area contributed by atoms with E-state index in [0.717, 1.165) is 43.6 Å². The highest BCUT2D eigenvalue weighted by Gasteiger charge is 2.32. The summed E-state index contributed by atoms with van der Waals surface area (Å²) in [5, 5.41) is 2.73. The molecule has 1 heterocycles. The first-order valence-corrected chi connectivity index (χ1v) is 15.2. The van der Waals surface area contributed by atoms with Crippen LogP contribution in [0, 0.1) is 0 Å². The van der Waals surface area contributed by atoms with E-state index in [1.165, 1.54) is 30.4 Å². The van der Waals surface area contributed by atoms with Gasteiger partial charge in [0.05, 0.1) is 10.9 Å². The lowest BCUT2D eigenvalue weighted by Gasteiger charge is -2.32. The van der Waals surface area contributed by atoms with E-state index in [1.807, 2.05) is 26.8 Å². The quantitative estimate of drug-likeness (QED) is 0.305. The molecule has 2 aliphatic rings. The third-order valence-corrected chi connectivity index (χ3v) is 9.26. The van der Waals surface area contributed by atoms with E-state index >= 15 is 0 Å². The van der Waals surface area contributed by atoms with Gasteiger partial charge in [0.15, 0.2) is 0 Å². The molecule has 0 radical (unpaired) electrons. The average Bonchev–Trinajstić information content (AvgIpc) is 2.88. The van der Waals surface area contributed by atoms with E-state index < -0.39 is 33.8 Å². The highest BCUT2D eigenvalue weighted by molar-refractivity contribution is 8.25. The van der Waals surface area contributed by atoms with Crippen LogP contribution in [0.4, 0.5) is 0 Å². The standard InChI is InChI=1S/C30H40N2O5S/c1-30(2,3)23-11-13-24(14-12-23)38(36,37)20-27(33)28(34)29(35)31-26-9-7-8-22-18-21(10-15-25(22)26)19-32-16-5-4-6-17-32/h10-15,18,26,36-37H,4-9,16-17,19-20H2,1-3H3,(H,31,35)/t26-/m1/s1. The second kappa shape index (κ2) is 11.7. The highest BCUT2D eigenvalue weighted by atomic mass is 32.3. The minimum Gasteiger partial charge on any atom is -0.342 e. The average molecular weight is 541 g/mol. The van der Waals surface area contributed by atoms with Crippen LogP contribution in [0.25, 0.3) is 0 Å². The van der Waals surface area contributed by atoms with Crippen LogP contribution in [0.5, 0.6) is 0 Å². The number of Topliss-reactive ketones (excluding diaryl/α,β-unsaturated/α-hetero) is 2. The zero-order valence-electron chi connectivity index (χ0n) is 22.7. The predicted octanol–water partition coefficient (Wildman–Crippen LogP) is 5.41. The molecular formula is C30H40N2O5S. The molecular weight excluding hydrogens is 500 g/mol. The molecule has 2 aromatic rings. The molecule has 8 heteroatoms. The van der Waals surface area contributed by atoms with Crippen LogP contribution in [0.3, 0.4) is 0 Å². The van der Waals surface area contributed by atoms with Gasteiger partial charge in [-0.2, -0.15) is 10.6 Å². The molecule has 0 unspecified atom stereocenters. The van der Waals surface area contributed by atoms with Crippen molar-refractivity contribution >= 4 is 28.1 Å². The molecule has 4 rings (SSSR count). The highest BCUT2D eigenvalue weighted by Crippen LogP contribution is 2.48. The summed E-state index contributed by atoms with van der Waals surface area (Å²) in [5.74, 6) is -4.15. The van der Waals surface area contributed by atoms with Crippen molar-refractivity contribution in [3.8, 4) is 0 Å². The number of ketones is 2. The number of hydrogen-bond acceptors (Lipinski definition) is 6. The Morgan fingerprint density at radius 1 is 0.974 bits per heavy atom. The first-order chi connectivity index (χ1) is 17.9. The van der Waals surface area contributed by atoms with Crippen molar-refractivity contribution in [2.24, 2.45) is 0 Å². The van der Waals surface area contributed by atoms with Crippen molar-refractivity contribution in [3.63, 3.8) is 0 Å². The molecule has 1 amide bonds. The Morgan fingerprint density at radius 3 is 2.32 bits per heavy atom. The number of carbonyl (C=O) groups is 3. The second-order valence-corrected chi connectivity index (χ2v) is 13.7. The van der Waals surface area contributed by atoms with E-state index in [-0.39, 0.29) is 16.4 Å². The van der Waals surface area contributed by atoms with E-state index in [9.17, 15) is 23.5 Å². The minimum absolute atomic E-state index is 0.113. The Bertz CT molecular complexity index is 1180. The van der Waals surface area contributed by atoms with Crippen molar-refractivity contribution in [1.82, 2.24) is 10.2 Å². The molecule has 1 atom stereocenters. The number of hydrogen-bond donors (Lipinski definition) is 3. The predicted molar refractivity (Wildman–Crippen MR) is 151 cm³/mol. The van der Waals surface area contributed by atoms with E-state index in [2.05, 4.69) is 22.3 Å². The van der Waals surface area contributed by atoms with Gasteiger partial charge in [-0.3, -0.25) is 28.4 Å². The van der Waals surface area contributed by atoms with Crippen LogP contribution in [0.2, 0.25) is 0 Å². The van der Waals surface area contributed by atoms with E-state index in [1.54, 1.807) is 24.3 Å². The Kier molecular flexibility index (Phi) is 8.77. The summed E-state index contributed by atoms with van der Waals surface area (Å²) < 4.78 is 21.2. The number of fused-ring (bicyclic) bond motifs is 1. The van der Waals surface area contributed by atoms with Crippen LogP contribution >= 0.6 is 10.6 Å². The first-order valence-electron chi connectivity index (χ1n) is 13.5. The number of amides is 1. The van der Waals surface area contributed by atoms with Gasteiger partial charge in [0, 0.05) is 6.54 Å². The molecule has 0 aromatic heterocycles. The molecule has 1 saturated heterocycles. The van der Waals surface area contributed by atoms with Gasteiger partial charge >= 0.3 is 0 Å². The maximum atomic E-state index is 12.7. The number of nitrogens with one attached hydrogen (secondary N) is 1. The van der Waals surface area contributed by atoms with Gasteiger partial charge in [0.25, 0.3) is 11.7 Å². The number of nitrogens with zero attached hydrogens (tertiary/aromatic N) is 1. The molecule has 3 N–H and O–H groups in total. The van der Waals surface area contributed by atoms with Crippen LogP contribution in [0.15, 0.2) is 47.4 Å². The summed E-state index contributed by atoms with van der Waals surface area (Å²) in [7, 11) is -3.55. The van der Waals surface area contributed by atoms with Crippen LogP contribution in [0.1, 0.15) is 81.2 Å². The number of piperidine rings is 1. The minimum atomic E-state index is -3.55. The molecule has 206 valence electrons. The van der Waals surface area contributed by atoms with Crippen molar-refractivity contribution in [1.29, 1.82) is 0 Å². The SMILES string of the molecule is CC(C)(C)c1ccc(S(O)(O)CC(=O)C(=O)C(=O)N[C@@H]2CCCc3cc(CN4CCCCC4)ccc32)cc1. The van der Waals surface area contributed by atoms with E-state index in [4.69, 9.17) is 0 Å². The van der Waals surface area contributed by atoms with Crippen molar-refractivity contribution in [2.75, 3.05) is 18.8 Å². The number of benzene rings is 2. The van der Waals surface area contributed by atoms with Gasteiger partial charge in [0.1, 0.15) is 5.75 Å². The largest absolute Gasteiger partial charge is 0.342 e. The van der Waals surface area contributed by atoms with Gasteiger partial charge in [-0.1, -0.05) is 57.5 Å². The normalized spacial score (nSPS) is 18.9. The Labute approximate surface area is 227 Å². The number of rotatable bonds is 8. The summed E-state index contributed by atoms with van der Waals surface area (Å²) in [6, 6.07) is 12.7. The number of aryl methyl sites for hydroxylation is 1. The molecule has 38 heavy (non-hydrogen) atoms. The van der Waals surface area contributed by atoms with Crippen LogP contribution in [-0.2, 0) is 32.8 Å². The molecule has 0 spiro atoms. The van der Waals surface area contributed by atoms with Crippen LogP contribution < -0.4 is 5.32 Å². The monoisotopic (exact) mass is 540 g/mol. The Balaban J connectivity index is 1.37. The fraction of sp³-hybridized carbons (Fsp3) is 0.500. The van der Waals surface area contributed by atoms with Crippen molar-refractivity contribution in [2.45, 2.75) is 82.2 Å². The smallest absolute Gasteiger partial charge is 0.296 e. The Hall–Kier alpha value is -2.52. The lowest BCUT2D eigenvalue weighted by molar-refractivity contribution is -0.144. The van der Waals surface area contributed by atoms with Crippen molar-refractivity contribution in [3.05, 3.63) is 64.7 Å². The summed E-state index contributed by atoms with van der Waals surface area (Å²) in [4.78, 5) is 40.6. The molecule has 1 aliphatic heterocycles. The topological polar surface area (TPSA) is 107 Å². The first kappa shape index (κ1) is 28.5. The number of carbonyl (C=O) groups excluding carboxylic acids is 3. The maximum Gasteiger partial charge on any atom is 0.296 e. The summed E-state index contributed by atoms with van der Waals surface area (Å²) in [6.07, 6.45) is 6.25. The lowest BCUT2D eigenvalue weighted by atomic mass is 9.86. The van der Waals surface area contributed by atoms with Gasteiger partial charge in [0.2, 0.25) is 5.78 Å². The number of likely N-dealkylation sites (tertiary alicyclic amines) is 1. The fourth-order valence-corrected chi connectivity index (χ4v) is 6.58. The molecule has 0 bridgehead atoms. The van der Waals surface area contributed by atoms with Gasteiger partial charge in [-0.25, -0.2) is 0 Å². The van der Waals surface area contributed by atoms with Gasteiger partial charge in [-0.05, 0) is 85.0 Å². The maximum absolute atomic E-state index is 12.7. The van der Waals surface area contributed by atoms with Gasteiger partial charge < -0.3 is 5.32 Å². The third-order valence-electron chi connectivity index (χ3n) is 7.57. The summed E-state index contributed by atoms with van der Waals surface area (Å²) >= 11 is 0. The molecule has 7 nitrogen and oxygen atoms in total. The summed E-state index contributed by atoms with van der Waals surface area (Å²) in [6.45, 7) is 9.29. The molecule has 1 aliphatic carbocycles. The lowest BCUT2D eigenvalue weighted by Crippen LogP contribution is -2.40. The third kappa shape index (κ3) is 6.91. The second-order valence-electron chi connectivity index (χ2n) is 11.6. The molecule has 1 fully saturated rings. The van der Waals surface area contributed by atoms with Gasteiger partial charge in [-0.15, -0.1) is 0 Å². The zero-order valence-corrected chi connectivity index (χ0v) is 23.5. The van der Waals surface area contributed by atoms with E-state index in [0.29, 0.717) is 6.42 Å².